The van der Waals surface area contributed by atoms with Gasteiger partial charge in [0.2, 0.25) is 11.8 Å². The van der Waals surface area contributed by atoms with E-state index in [4.69, 9.17) is 4.74 Å². The van der Waals surface area contributed by atoms with Crippen molar-refractivity contribution in [1.29, 1.82) is 0 Å². The van der Waals surface area contributed by atoms with Gasteiger partial charge in [0.05, 0.1) is 25.7 Å². The molecule has 2 amide bonds. The summed E-state index contributed by atoms with van der Waals surface area (Å²) in [5.74, 6) is 0.141. The van der Waals surface area contributed by atoms with Crippen molar-refractivity contribution in [2.45, 2.75) is 31.4 Å². The third kappa shape index (κ3) is 3.06. The highest BCUT2D eigenvalue weighted by atomic mass is 16.5. The summed E-state index contributed by atoms with van der Waals surface area (Å²) in [5, 5.41) is 3.12. The third-order valence-corrected chi connectivity index (χ3v) is 4.01. The molecule has 1 N–H and O–H groups in total. The second kappa shape index (κ2) is 5.46. The van der Waals surface area contributed by atoms with E-state index in [0.29, 0.717) is 32.2 Å². The van der Waals surface area contributed by atoms with Crippen LogP contribution in [0.3, 0.4) is 0 Å². The Morgan fingerprint density at radius 3 is 2.68 bits per heavy atom. The van der Waals surface area contributed by atoms with Crippen LogP contribution in [0.25, 0.3) is 0 Å². The van der Waals surface area contributed by atoms with Crippen LogP contribution in [0.1, 0.15) is 19.3 Å². The Morgan fingerprint density at radius 2 is 2.11 bits per heavy atom. The molecular formula is C13H21N3O3. The van der Waals surface area contributed by atoms with Crippen LogP contribution in [0, 0.1) is 0 Å². The highest BCUT2D eigenvalue weighted by Crippen LogP contribution is 2.28. The van der Waals surface area contributed by atoms with E-state index in [1.54, 1.807) is 4.90 Å². The van der Waals surface area contributed by atoms with Gasteiger partial charge in [-0.1, -0.05) is 0 Å². The third-order valence-electron chi connectivity index (χ3n) is 4.01. The summed E-state index contributed by atoms with van der Waals surface area (Å²) < 4.78 is 5.53. The SMILES string of the molecule is O=C(CCOC1CNC1)N1CCN(C2CC2)C(=O)C1. The molecule has 0 radical (unpaired) electrons. The van der Waals surface area contributed by atoms with Crippen molar-refractivity contribution in [1.82, 2.24) is 15.1 Å². The molecule has 0 spiro atoms. The van der Waals surface area contributed by atoms with Crippen LogP contribution in [0.2, 0.25) is 0 Å². The summed E-state index contributed by atoms with van der Waals surface area (Å²) in [4.78, 5) is 27.5. The van der Waals surface area contributed by atoms with Crippen LogP contribution in [-0.2, 0) is 14.3 Å². The minimum absolute atomic E-state index is 0.0380. The van der Waals surface area contributed by atoms with Crippen molar-refractivity contribution >= 4 is 11.8 Å². The fraction of sp³-hybridized carbons (Fsp3) is 0.846. The zero-order valence-corrected chi connectivity index (χ0v) is 11.1. The van der Waals surface area contributed by atoms with E-state index >= 15 is 0 Å². The molecule has 3 aliphatic rings. The highest BCUT2D eigenvalue weighted by Gasteiger charge is 2.36. The fourth-order valence-corrected chi connectivity index (χ4v) is 2.52. The van der Waals surface area contributed by atoms with Crippen molar-refractivity contribution in [3.8, 4) is 0 Å². The van der Waals surface area contributed by atoms with E-state index in [-0.39, 0.29) is 24.5 Å². The largest absolute Gasteiger partial charge is 0.375 e. The van der Waals surface area contributed by atoms with Gasteiger partial charge in [0.25, 0.3) is 0 Å². The van der Waals surface area contributed by atoms with Crippen LogP contribution in [0.15, 0.2) is 0 Å². The summed E-state index contributed by atoms with van der Waals surface area (Å²) in [6, 6.07) is 0.458. The van der Waals surface area contributed by atoms with Gasteiger partial charge >= 0.3 is 0 Å². The van der Waals surface area contributed by atoms with Gasteiger partial charge in [0.15, 0.2) is 0 Å². The molecule has 2 aliphatic heterocycles. The molecular weight excluding hydrogens is 246 g/mol. The Morgan fingerprint density at radius 1 is 1.32 bits per heavy atom. The Balaban J connectivity index is 1.38. The predicted molar refractivity (Wildman–Crippen MR) is 68.5 cm³/mol. The maximum Gasteiger partial charge on any atom is 0.242 e. The number of piperazine rings is 1. The molecule has 0 aromatic carbocycles. The van der Waals surface area contributed by atoms with E-state index in [1.807, 2.05) is 4.90 Å². The number of hydrogen-bond acceptors (Lipinski definition) is 4. The number of hydrogen-bond donors (Lipinski definition) is 1. The molecule has 3 rings (SSSR count). The first-order valence-electron chi connectivity index (χ1n) is 7.13. The molecule has 106 valence electrons. The molecule has 2 heterocycles. The number of carbonyl (C=O) groups is 2. The molecule has 6 heteroatoms. The second-order valence-corrected chi connectivity index (χ2v) is 5.53. The van der Waals surface area contributed by atoms with Gasteiger partial charge in [0.1, 0.15) is 0 Å². The number of carbonyl (C=O) groups excluding carboxylic acids is 2. The average molecular weight is 267 g/mol. The molecule has 0 atom stereocenters. The van der Waals surface area contributed by atoms with Crippen molar-refractivity contribution in [3.05, 3.63) is 0 Å². The molecule has 1 aliphatic carbocycles. The zero-order valence-electron chi connectivity index (χ0n) is 11.1. The summed E-state index contributed by atoms with van der Waals surface area (Å²) in [6.45, 7) is 3.84. The Kier molecular flexibility index (Phi) is 3.70. The van der Waals surface area contributed by atoms with Gasteiger partial charge in [-0.05, 0) is 12.8 Å². The fourth-order valence-electron chi connectivity index (χ4n) is 2.52. The molecule has 19 heavy (non-hydrogen) atoms. The quantitative estimate of drug-likeness (QED) is 0.708. The smallest absolute Gasteiger partial charge is 0.242 e. The molecule has 2 saturated heterocycles. The number of ether oxygens (including phenoxy) is 1. The predicted octanol–water partition coefficient (Wildman–Crippen LogP) is -0.802. The van der Waals surface area contributed by atoms with Crippen molar-refractivity contribution in [3.63, 3.8) is 0 Å². The monoisotopic (exact) mass is 267 g/mol. The number of amides is 2. The van der Waals surface area contributed by atoms with Crippen LogP contribution in [0.4, 0.5) is 0 Å². The number of nitrogens with zero attached hydrogens (tertiary/aromatic N) is 2. The zero-order chi connectivity index (χ0) is 13.2. The van der Waals surface area contributed by atoms with E-state index in [2.05, 4.69) is 5.32 Å². The maximum atomic E-state index is 12.0. The number of nitrogens with one attached hydrogen (secondary N) is 1. The summed E-state index contributed by atoms with van der Waals surface area (Å²) in [5.41, 5.74) is 0. The van der Waals surface area contributed by atoms with Gasteiger partial charge in [-0.3, -0.25) is 9.59 Å². The first-order chi connectivity index (χ1) is 9.24. The first-order valence-corrected chi connectivity index (χ1v) is 7.13. The van der Waals surface area contributed by atoms with E-state index in [9.17, 15) is 9.59 Å². The topological polar surface area (TPSA) is 61.9 Å². The molecule has 0 unspecified atom stereocenters. The van der Waals surface area contributed by atoms with Gasteiger partial charge in [-0.2, -0.15) is 0 Å². The van der Waals surface area contributed by atoms with Gasteiger partial charge in [-0.15, -0.1) is 0 Å². The van der Waals surface area contributed by atoms with Crippen LogP contribution >= 0.6 is 0 Å². The molecule has 6 nitrogen and oxygen atoms in total. The van der Waals surface area contributed by atoms with E-state index in [1.165, 1.54) is 0 Å². The molecule has 0 bridgehead atoms. The first kappa shape index (κ1) is 12.9. The lowest BCUT2D eigenvalue weighted by Crippen LogP contribution is -2.53. The Hall–Kier alpha value is -1.14. The summed E-state index contributed by atoms with van der Waals surface area (Å²) in [6.07, 6.45) is 2.90. The van der Waals surface area contributed by atoms with Crippen LogP contribution < -0.4 is 5.32 Å². The number of rotatable bonds is 5. The van der Waals surface area contributed by atoms with Gasteiger partial charge in [-0.25, -0.2) is 0 Å². The average Bonchev–Trinajstić information content (AvgIpc) is 3.16. The standard InChI is InChI=1S/C13H21N3O3/c17-12(3-6-19-11-7-14-8-11)15-4-5-16(10-1-2-10)13(18)9-15/h10-11,14H,1-9H2. The molecule has 1 saturated carbocycles. The minimum atomic E-state index is 0.0380. The van der Waals surface area contributed by atoms with Gasteiger partial charge < -0.3 is 19.9 Å². The molecule has 0 aromatic heterocycles. The normalized spacial score (nSPS) is 24.5. The second-order valence-electron chi connectivity index (χ2n) is 5.53. The highest BCUT2D eigenvalue weighted by molar-refractivity contribution is 5.86. The summed E-state index contributed by atoms with van der Waals surface area (Å²) in [7, 11) is 0. The lowest BCUT2D eigenvalue weighted by atomic mass is 10.2. The molecule has 3 fully saturated rings. The van der Waals surface area contributed by atoms with E-state index in [0.717, 1.165) is 25.9 Å². The van der Waals surface area contributed by atoms with Crippen molar-refractivity contribution < 1.29 is 14.3 Å². The van der Waals surface area contributed by atoms with Crippen LogP contribution in [-0.4, -0.2) is 73.1 Å². The van der Waals surface area contributed by atoms with Crippen LogP contribution in [0.5, 0.6) is 0 Å². The Labute approximate surface area is 113 Å². The maximum absolute atomic E-state index is 12.0. The van der Waals surface area contributed by atoms with Crippen molar-refractivity contribution in [2.24, 2.45) is 0 Å². The molecule has 0 aromatic rings. The minimum Gasteiger partial charge on any atom is -0.375 e. The lowest BCUT2D eigenvalue weighted by Gasteiger charge is -2.34. The van der Waals surface area contributed by atoms with E-state index < -0.39 is 0 Å². The lowest BCUT2D eigenvalue weighted by molar-refractivity contribution is -0.146. The van der Waals surface area contributed by atoms with Crippen molar-refractivity contribution in [2.75, 3.05) is 39.3 Å². The van der Waals surface area contributed by atoms with Gasteiger partial charge in [0, 0.05) is 32.2 Å². The Bertz CT molecular complexity index is 366. The summed E-state index contributed by atoms with van der Waals surface area (Å²) >= 11 is 0.